The summed E-state index contributed by atoms with van der Waals surface area (Å²) in [6, 6.07) is 3.46. The molecule has 1 amide bonds. The van der Waals surface area contributed by atoms with Gasteiger partial charge in [0, 0.05) is 31.8 Å². The Hall–Kier alpha value is -1.62. The number of carbonyl (C=O) groups excluding carboxylic acids is 1. The van der Waals surface area contributed by atoms with Crippen molar-refractivity contribution in [3.8, 4) is 5.88 Å². The van der Waals surface area contributed by atoms with E-state index in [1.807, 2.05) is 13.8 Å². The molecule has 0 saturated heterocycles. The molecule has 1 aliphatic carbocycles. The van der Waals surface area contributed by atoms with Gasteiger partial charge in [-0.1, -0.05) is 12.8 Å². The van der Waals surface area contributed by atoms with Crippen molar-refractivity contribution in [1.82, 2.24) is 9.88 Å². The van der Waals surface area contributed by atoms with Gasteiger partial charge >= 0.3 is 0 Å². The summed E-state index contributed by atoms with van der Waals surface area (Å²) in [5, 5.41) is 10.0. The molecule has 1 aromatic heterocycles. The molecule has 1 saturated carbocycles. The molecule has 22 heavy (non-hydrogen) atoms. The van der Waals surface area contributed by atoms with E-state index in [-0.39, 0.29) is 24.0 Å². The summed E-state index contributed by atoms with van der Waals surface area (Å²) in [7, 11) is 1.78. The van der Waals surface area contributed by atoms with Crippen molar-refractivity contribution in [3.05, 3.63) is 23.9 Å². The average molecular weight is 306 g/mol. The molecule has 1 aliphatic rings. The van der Waals surface area contributed by atoms with E-state index < -0.39 is 0 Å². The van der Waals surface area contributed by atoms with Crippen LogP contribution in [-0.4, -0.2) is 46.7 Å². The van der Waals surface area contributed by atoms with Crippen molar-refractivity contribution in [2.24, 2.45) is 5.92 Å². The molecule has 2 atom stereocenters. The van der Waals surface area contributed by atoms with Crippen LogP contribution in [-0.2, 0) is 0 Å². The summed E-state index contributed by atoms with van der Waals surface area (Å²) < 4.78 is 5.48. The first-order chi connectivity index (χ1) is 10.5. The minimum atomic E-state index is -0.288. The van der Waals surface area contributed by atoms with Gasteiger partial charge in [-0.05, 0) is 32.8 Å². The van der Waals surface area contributed by atoms with Gasteiger partial charge in [-0.25, -0.2) is 4.98 Å². The Bertz CT molecular complexity index is 487. The molecule has 0 spiro atoms. The topological polar surface area (TPSA) is 62.7 Å². The molecule has 5 heteroatoms. The van der Waals surface area contributed by atoms with Crippen LogP contribution in [0.2, 0.25) is 0 Å². The number of nitrogens with zero attached hydrogens (tertiary/aromatic N) is 2. The molecule has 0 aromatic carbocycles. The van der Waals surface area contributed by atoms with Crippen LogP contribution in [0.3, 0.4) is 0 Å². The second kappa shape index (κ2) is 7.58. The number of aliphatic hydroxyl groups is 1. The number of amides is 1. The molecule has 1 fully saturated rings. The van der Waals surface area contributed by atoms with E-state index in [1.165, 1.54) is 0 Å². The van der Waals surface area contributed by atoms with Gasteiger partial charge in [-0.15, -0.1) is 0 Å². The molecule has 0 radical (unpaired) electrons. The van der Waals surface area contributed by atoms with Crippen molar-refractivity contribution in [2.75, 3.05) is 13.6 Å². The van der Waals surface area contributed by atoms with Crippen molar-refractivity contribution >= 4 is 5.91 Å². The lowest BCUT2D eigenvalue weighted by atomic mass is 9.86. The van der Waals surface area contributed by atoms with Gasteiger partial charge in [0.2, 0.25) is 5.88 Å². The summed E-state index contributed by atoms with van der Waals surface area (Å²) >= 11 is 0. The fourth-order valence-corrected chi connectivity index (χ4v) is 2.87. The standard InChI is InChI=1S/C17H26N2O3/c1-12(2)22-16-9-8-13(10-18-16)17(21)19(3)11-14-6-4-5-7-15(14)20/h8-10,12,14-15,20H,4-7,11H2,1-3H3. The zero-order chi connectivity index (χ0) is 16.1. The van der Waals surface area contributed by atoms with Gasteiger partial charge in [0.05, 0.1) is 17.8 Å². The van der Waals surface area contributed by atoms with Gasteiger partial charge in [0.15, 0.2) is 0 Å². The first-order valence-electron chi connectivity index (χ1n) is 8.03. The van der Waals surface area contributed by atoms with Crippen LogP contribution in [0.25, 0.3) is 0 Å². The Labute approximate surface area is 132 Å². The van der Waals surface area contributed by atoms with E-state index in [9.17, 15) is 9.90 Å². The monoisotopic (exact) mass is 306 g/mol. The third-order valence-electron chi connectivity index (χ3n) is 4.06. The predicted octanol–water partition coefficient (Wildman–Crippen LogP) is 2.49. The van der Waals surface area contributed by atoms with Crippen LogP contribution in [0.4, 0.5) is 0 Å². The summed E-state index contributed by atoms with van der Waals surface area (Å²) in [6.07, 6.45) is 5.36. The number of ether oxygens (including phenoxy) is 1. The molecule has 5 nitrogen and oxygen atoms in total. The highest BCUT2D eigenvalue weighted by Crippen LogP contribution is 2.25. The maximum absolute atomic E-state index is 12.4. The number of aromatic nitrogens is 1. The first kappa shape index (κ1) is 16.7. The fraction of sp³-hybridized carbons (Fsp3) is 0.647. The Morgan fingerprint density at radius 1 is 1.41 bits per heavy atom. The molecule has 0 aliphatic heterocycles. The normalized spacial score (nSPS) is 21.7. The summed E-state index contributed by atoms with van der Waals surface area (Å²) in [5.74, 6) is 0.637. The van der Waals surface area contributed by atoms with E-state index in [1.54, 1.807) is 30.3 Å². The van der Waals surface area contributed by atoms with Crippen molar-refractivity contribution < 1.29 is 14.6 Å². The minimum Gasteiger partial charge on any atom is -0.475 e. The molecular weight excluding hydrogens is 280 g/mol. The number of rotatable bonds is 5. The van der Waals surface area contributed by atoms with Crippen LogP contribution < -0.4 is 4.74 Å². The Balaban J connectivity index is 1.94. The molecule has 2 rings (SSSR count). The molecule has 1 heterocycles. The Kier molecular flexibility index (Phi) is 5.77. The van der Waals surface area contributed by atoms with Gasteiger partial charge in [0.1, 0.15) is 0 Å². The van der Waals surface area contributed by atoms with E-state index in [0.717, 1.165) is 25.7 Å². The van der Waals surface area contributed by atoms with E-state index in [0.29, 0.717) is 18.0 Å². The molecule has 0 bridgehead atoms. The smallest absolute Gasteiger partial charge is 0.255 e. The minimum absolute atomic E-state index is 0.0597. The SMILES string of the molecule is CC(C)Oc1ccc(C(=O)N(C)CC2CCCCC2O)cn1. The fourth-order valence-electron chi connectivity index (χ4n) is 2.87. The zero-order valence-electron chi connectivity index (χ0n) is 13.7. The number of aliphatic hydroxyl groups excluding tert-OH is 1. The Morgan fingerprint density at radius 3 is 2.73 bits per heavy atom. The number of carbonyl (C=O) groups is 1. The lowest BCUT2D eigenvalue weighted by Gasteiger charge is -2.31. The second-order valence-electron chi connectivity index (χ2n) is 6.35. The lowest BCUT2D eigenvalue weighted by Crippen LogP contribution is -2.38. The second-order valence-corrected chi connectivity index (χ2v) is 6.35. The highest BCUT2D eigenvalue weighted by atomic mass is 16.5. The maximum Gasteiger partial charge on any atom is 0.255 e. The summed E-state index contributed by atoms with van der Waals surface area (Å²) in [6.45, 7) is 4.46. The third kappa shape index (κ3) is 4.44. The van der Waals surface area contributed by atoms with Gasteiger partial charge < -0.3 is 14.7 Å². The quantitative estimate of drug-likeness (QED) is 0.908. The average Bonchev–Trinajstić information content (AvgIpc) is 2.49. The number of hydrogen-bond acceptors (Lipinski definition) is 4. The van der Waals surface area contributed by atoms with Gasteiger partial charge in [0.25, 0.3) is 5.91 Å². The van der Waals surface area contributed by atoms with Crippen molar-refractivity contribution in [1.29, 1.82) is 0 Å². The van der Waals surface area contributed by atoms with E-state index >= 15 is 0 Å². The highest BCUT2D eigenvalue weighted by molar-refractivity contribution is 5.93. The van der Waals surface area contributed by atoms with Crippen molar-refractivity contribution in [3.63, 3.8) is 0 Å². The van der Waals surface area contributed by atoms with Crippen molar-refractivity contribution in [2.45, 2.75) is 51.7 Å². The van der Waals surface area contributed by atoms with Gasteiger partial charge in [-0.2, -0.15) is 0 Å². The number of hydrogen-bond donors (Lipinski definition) is 1. The van der Waals surface area contributed by atoms with Crippen LogP contribution in [0.15, 0.2) is 18.3 Å². The van der Waals surface area contributed by atoms with Crippen LogP contribution in [0.1, 0.15) is 49.9 Å². The lowest BCUT2D eigenvalue weighted by molar-refractivity contribution is 0.0451. The third-order valence-corrected chi connectivity index (χ3v) is 4.06. The van der Waals surface area contributed by atoms with E-state index in [2.05, 4.69) is 4.98 Å². The van der Waals surface area contributed by atoms with Crippen LogP contribution in [0, 0.1) is 5.92 Å². The predicted molar refractivity (Wildman–Crippen MR) is 84.9 cm³/mol. The summed E-state index contributed by atoms with van der Waals surface area (Å²) in [4.78, 5) is 18.3. The van der Waals surface area contributed by atoms with Crippen LogP contribution >= 0.6 is 0 Å². The molecule has 2 unspecified atom stereocenters. The van der Waals surface area contributed by atoms with E-state index in [4.69, 9.17) is 4.74 Å². The molecular formula is C17H26N2O3. The first-order valence-corrected chi connectivity index (χ1v) is 8.03. The molecule has 1 N–H and O–H groups in total. The largest absolute Gasteiger partial charge is 0.475 e. The Morgan fingerprint density at radius 2 is 2.14 bits per heavy atom. The van der Waals surface area contributed by atoms with Crippen LogP contribution in [0.5, 0.6) is 5.88 Å². The highest BCUT2D eigenvalue weighted by Gasteiger charge is 2.26. The van der Waals surface area contributed by atoms with Gasteiger partial charge in [-0.3, -0.25) is 4.79 Å². The zero-order valence-corrected chi connectivity index (χ0v) is 13.7. The summed E-state index contributed by atoms with van der Waals surface area (Å²) in [5.41, 5.74) is 0.545. The molecule has 122 valence electrons. The maximum atomic E-state index is 12.4. The number of pyridine rings is 1. The molecule has 1 aromatic rings.